The third-order valence-electron chi connectivity index (χ3n) is 6.13. The molecule has 0 aliphatic carbocycles. The second-order valence-electron chi connectivity index (χ2n) is 8.67. The third kappa shape index (κ3) is 6.64. The molecule has 192 valence electrons. The lowest BCUT2D eigenvalue weighted by atomic mass is 9.97. The topological polar surface area (TPSA) is 110 Å². The summed E-state index contributed by atoms with van der Waals surface area (Å²) in [6.45, 7) is 1.75. The van der Waals surface area contributed by atoms with Gasteiger partial charge < -0.3 is 24.6 Å². The predicted molar refractivity (Wildman–Crippen MR) is 123 cm³/mol. The highest BCUT2D eigenvalue weighted by Gasteiger charge is 2.31. The maximum Gasteiger partial charge on any atom is 0.573 e. The molecule has 1 aliphatic rings. The summed E-state index contributed by atoms with van der Waals surface area (Å²) in [5.41, 5.74) is 2.01. The van der Waals surface area contributed by atoms with E-state index in [1.165, 1.54) is 17.0 Å². The highest BCUT2D eigenvalue weighted by atomic mass is 19.4. The largest absolute Gasteiger partial charge is 0.573 e. The summed E-state index contributed by atoms with van der Waals surface area (Å²) in [7, 11) is 0. The molecule has 1 aliphatic heterocycles. The van der Waals surface area contributed by atoms with E-state index < -0.39 is 12.5 Å². The summed E-state index contributed by atoms with van der Waals surface area (Å²) >= 11 is 0. The number of carboxylic acid groups (broad SMARTS) is 1. The van der Waals surface area contributed by atoms with E-state index in [0.29, 0.717) is 62.4 Å². The van der Waals surface area contributed by atoms with Gasteiger partial charge in [-0.1, -0.05) is 12.1 Å². The van der Waals surface area contributed by atoms with Crippen LogP contribution in [0.15, 0.2) is 42.6 Å². The van der Waals surface area contributed by atoms with Gasteiger partial charge in [-0.25, -0.2) is 14.8 Å². The van der Waals surface area contributed by atoms with E-state index in [1.807, 2.05) is 10.6 Å². The van der Waals surface area contributed by atoms with Crippen LogP contribution in [0.25, 0.3) is 11.2 Å². The number of pyridine rings is 1. The molecule has 0 saturated carbocycles. The number of amides is 2. The molecule has 1 aromatic carbocycles. The summed E-state index contributed by atoms with van der Waals surface area (Å²) in [6, 6.07) is 9.16. The van der Waals surface area contributed by atoms with Crippen LogP contribution in [0.3, 0.4) is 0 Å². The summed E-state index contributed by atoms with van der Waals surface area (Å²) in [4.78, 5) is 33.9. The number of ether oxygens (including phenoxy) is 1. The van der Waals surface area contributed by atoms with Gasteiger partial charge in [-0.3, -0.25) is 4.79 Å². The second kappa shape index (κ2) is 10.8. The first-order valence-electron chi connectivity index (χ1n) is 11.6. The molecule has 3 aromatic rings. The molecule has 0 radical (unpaired) electrons. The number of hydrogen-bond acceptors (Lipinski definition) is 5. The van der Waals surface area contributed by atoms with Crippen LogP contribution in [0.5, 0.6) is 5.75 Å². The minimum atomic E-state index is -4.75. The number of imidazole rings is 1. The number of carbonyl (C=O) groups is 2. The number of likely N-dealkylation sites (tertiary alicyclic amines) is 1. The third-order valence-corrected chi connectivity index (χ3v) is 6.13. The normalized spacial score (nSPS) is 14.7. The summed E-state index contributed by atoms with van der Waals surface area (Å²) in [5.74, 6) is 0.452. The average molecular weight is 505 g/mol. The summed E-state index contributed by atoms with van der Waals surface area (Å²) in [6.07, 6.45) is -2.06. The van der Waals surface area contributed by atoms with Crippen LogP contribution >= 0.6 is 0 Å². The average Bonchev–Trinajstić information content (AvgIpc) is 3.19. The highest BCUT2D eigenvalue weighted by molar-refractivity contribution is 5.76. The Morgan fingerprint density at radius 3 is 2.53 bits per heavy atom. The minimum Gasteiger partial charge on any atom is -0.465 e. The van der Waals surface area contributed by atoms with Crippen molar-refractivity contribution < 1.29 is 32.6 Å². The van der Waals surface area contributed by atoms with Crippen molar-refractivity contribution in [1.82, 2.24) is 24.8 Å². The standard InChI is InChI=1S/C24H26F3N5O4/c25-24(26,27)36-18-5-3-17(4-6-18)15-32-20(30-19-2-1-11-28-22(19)32)7-8-21(33)29-14-16-9-12-31(13-10-16)23(34)35/h1-6,11,16H,7-10,12-15H2,(H,29,33)(H,34,35). The van der Waals surface area contributed by atoms with Gasteiger partial charge in [0.1, 0.15) is 17.1 Å². The molecular weight excluding hydrogens is 479 g/mol. The molecule has 2 N–H and O–H groups in total. The molecule has 0 spiro atoms. The molecule has 3 heterocycles. The number of nitrogens with one attached hydrogen (secondary N) is 1. The van der Waals surface area contributed by atoms with Crippen LogP contribution in [0.1, 0.15) is 30.7 Å². The number of alkyl halides is 3. The van der Waals surface area contributed by atoms with Gasteiger partial charge in [0.05, 0.1) is 6.54 Å². The molecule has 9 nitrogen and oxygen atoms in total. The molecule has 1 fully saturated rings. The predicted octanol–water partition coefficient (Wildman–Crippen LogP) is 3.82. The Morgan fingerprint density at radius 1 is 1.14 bits per heavy atom. The second-order valence-corrected chi connectivity index (χ2v) is 8.67. The first-order chi connectivity index (χ1) is 17.2. The Kier molecular flexibility index (Phi) is 7.61. The lowest BCUT2D eigenvalue weighted by Gasteiger charge is -2.29. The Hall–Kier alpha value is -3.83. The number of carbonyl (C=O) groups excluding carboxylic acids is 1. The number of benzene rings is 1. The maximum absolute atomic E-state index is 12.5. The smallest absolute Gasteiger partial charge is 0.465 e. The van der Waals surface area contributed by atoms with Gasteiger partial charge in [0, 0.05) is 38.7 Å². The van der Waals surface area contributed by atoms with Gasteiger partial charge in [0.15, 0.2) is 5.65 Å². The first kappa shape index (κ1) is 25.3. The van der Waals surface area contributed by atoms with Crippen LogP contribution in [0.4, 0.5) is 18.0 Å². The molecular formula is C24H26F3N5O4. The fourth-order valence-corrected chi connectivity index (χ4v) is 4.24. The molecule has 12 heteroatoms. The molecule has 36 heavy (non-hydrogen) atoms. The molecule has 2 amide bonds. The molecule has 0 unspecified atom stereocenters. The Labute approximate surface area is 204 Å². The number of aryl methyl sites for hydroxylation is 1. The van der Waals surface area contributed by atoms with Crippen molar-refractivity contribution in [2.45, 2.75) is 38.6 Å². The van der Waals surface area contributed by atoms with Crippen LogP contribution < -0.4 is 10.1 Å². The number of rotatable bonds is 8. The fraction of sp³-hybridized carbons (Fsp3) is 0.417. The summed E-state index contributed by atoms with van der Waals surface area (Å²) in [5, 5.41) is 12.0. The van der Waals surface area contributed by atoms with Crippen molar-refractivity contribution in [2.75, 3.05) is 19.6 Å². The molecule has 1 saturated heterocycles. The minimum absolute atomic E-state index is 0.129. The lowest BCUT2D eigenvalue weighted by Crippen LogP contribution is -2.40. The molecule has 4 rings (SSSR count). The van der Waals surface area contributed by atoms with Gasteiger partial charge >= 0.3 is 12.5 Å². The van der Waals surface area contributed by atoms with Gasteiger partial charge in [-0.05, 0) is 48.6 Å². The van der Waals surface area contributed by atoms with E-state index in [2.05, 4.69) is 20.0 Å². The number of piperidine rings is 1. The van der Waals surface area contributed by atoms with Crippen molar-refractivity contribution in [3.8, 4) is 5.75 Å². The van der Waals surface area contributed by atoms with E-state index in [-0.39, 0.29) is 24.0 Å². The lowest BCUT2D eigenvalue weighted by molar-refractivity contribution is -0.274. The van der Waals surface area contributed by atoms with Crippen molar-refractivity contribution in [2.24, 2.45) is 5.92 Å². The quantitative estimate of drug-likeness (QED) is 0.482. The first-order valence-corrected chi connectivity index (χ1v) is 11.6. The SMILES string of the molecule is O=C(CCc1nc2cccnc2n1Cc1ccc(OC(F)(F)F)cc1)NCC1CCN(C(=O)O)CC1. The van der Waals surface area contributed by atoms with Gasteiger partial charge in [-0.15, -0.1) is 13.2 Å². The molecule has 2 aromatic heterocycles. The van der Waals surface area contributed by atoms with E-state index >= 15 is 0 Å². The molecule has 0 bridgehead atoms. The Bertz CT molecular complexity index is 1200. The van der Waals surface area contributed by atoms with Gasteiger partial charge in [0.2, 0.25) is 5.91 Å². The number of halogens is 3. The monoisotopic (exact) mass is 505 g/mol. The zero-order chi connectivity index (χ0) is 25.7. The Balaban J connectivity index is 1.37. The van der Waals surface area contributed by atoms with Crippen molar-refractivity contribution in [1.29, 1.82) is 0 Å². The van der Waals surface area contributed by atoms with Crippen LogP contribution in [0, 0.1) is 5.92 Å². The van der Waals surface area contributed by atoms with Crippen LogP contribution in [-0.4, -0.2) is 62.5 Å². The van der Waals surface area contributed by atoms with E-state index in [4.69, 9.17) is 5.11 Å². The van der Waals surface area contributed by atoms with Crippen molar-refractivity contribution in [3.05, 3.63) is 54.0 Å². The van der Waals surface area contributed by atoms with E-state index in [1.54, 1.807) is 24.4 Å². The Morgan fingerprint density at radius 2 is 1.86 bits per heavy atom. The molecule has 0 atom stereocenters. The van der Waals surface area contributed by atoms with Crippen molar-refractivity contribution in [3.63, 3.8) is 0 Å². The van der Waals surface area contributed by atoms with Gasteiger partial charge in [0.25, 0.3) is 0 Å². The number of fused-ring (bicyclic) bond motifs is 1. The zero-order valence-corrected chi connectivity index (χ0v) is 19.4. The zero-order valence-electron chi connectivity index (χ0n) is 19.4. The fourth-order valence-electron chi connectivity index (χ4n) is 4.24. The van der Waals surface area contributed by atoms with Gasteiger partial charge in [-0.2, -0.15) is 0 Å². The van der Waals surface area contributed by atoms with Crippen LogP contribution in [0.2, 0.25) is 0 Å². The number of hydrogen-bond donors (Lipinski definition) is 2. The number of nitrogens with zero attached hydrogens (tertiary/aromatic N) is 4. The van der Waals surface area contributed by atoms with E-state index in [0.717, 1.165) is 5.56 Å². The summed E-state index contributed by atoms with van der Waals surface area (Å²) < 4.78 is 43.1. The number of aromatic nitrogens is 3. The van der Waals surface area contributed by atoms with Crippen molar-refractivity contribution >= 4 is 23.2 Å². The van der Waals surface area contributed by atoms with E-state index in [9.17, 15) is 22.8 Å². The highest BCUT2D eigenvalue weighted by Crippen LogP contribution is 2.24. The van der Waals surface area contributed by atoms with Crippen LogP contribution in [-0.2, 0) is 17.8 Å². The maximum atomic E-state index is 12.5.